The molecule has 17 heavy (non-hydrogen) atoms. The van der Waals surface area contributed by atoms with Crippen LogP contribution in [-0.2, 0) is 12.8 Å². The number of nitrogen functional groups attached to an aromatic ring is 1. The zero-order valence-electron chi connectivity index (χ0n) is 10.9. The van der Waals surface area contributed by atoms with Crippen LogP contribution in [0.5, 0.6) is 0 Å². The van der Waals surface area contributed by atoms with Crippen LogP contribution in [0.1, 0.15) is 63.2 Å². The Morgan fingerprint density at radius 1 is 1.24 bits per heavy atom. The molecule has 0 atom stereocenters. The third kappa shape index (κ3) is 3.24. The maximum absolute atomic E-state index is 5.86. The van der Waals surface area contributed by atoms with Crippen LogP contribution < -0.4 is 5.73 Å². The fourth-order valence-corrected chi connectivity index (χ4v) is 2.87. The van der Waals surface area contributed by atoms with Gasteiger partial charge in [0.15, 0.2) is 5.82 Å². The Morgan fingerprint density at radius 2 is 1.94 bits per heavy atom. The van der Waals surface area contributed by atoms with Crippen LogP contribution in [-0.4, -0.2) is 5.16 Å². The molecule has 0 unspecified atom stereocenters. The Hall–Kier alpha value is -0.990. The highest BCUT2D eigenvalue weighted by Gasteiger charge is 2.19. The Kier molecular flexibility index (Phi) is 4.46. The van der Waals surface area contributed by atoms with Crippen LogP contribution in [0.15, 0.2) is 4.52 Å². The molecule has 0 aromatic carbocycles. The minimum Gasteiger partial charge on any atom is -0.381 e. The van der Waals surface area contributed by atoms with E-state index in [1.54, 1.807) is 0 Å². The lowest BCUT2D eigenvalue weighted by Crippen LogP contribution is -2.05. The maximum atomic E-state index is 5.86. The molecule has 1 aromatic heterocycles. The molecule has 0 amide bonds. The Balaban J connectivity index is 2.01. The molecule has 1 aromatic rings. The highest BCUT2D eigenvalue weighted by atomic mass is 16.5. The summed E-state index contributed by atoms with van der Waals surface area (Å²) in [4.78, 5) is 0. The number of rotatable bonds is 4. The monoisotopic (exact) mass is 236 g/mol. The van der Waals surface area contributed by atoms with Gasteiger partial charge in [-0.15, -0.1) is 0 Å². The smallest absolute Gasteiger partial charge is 0.170 e. The van der Waals surface area contributed by atoms with Crippen molar-refractivity contribution in [2.75, 3.05) is 5.73 Å². The summed E-state index contributed by atoms with van der Waals surface area (Å²) in [6, 6.07) is 0. The van der Waals surface area contributed by atoms with Crippen molar-refractivity contribution in [2.45, 2.75) is 64.7 Å². The lowest BCUT2D eigenvalue weighted by Gasteiger charge is -2.12. The second-order valence-electron chi connectivity index (χ2n) is 5.28. The molecule has 0 spiro atoms. The van der Waals surface area contributed by atoms with Gasteiger partial charge < -0.3 is 10.3 Å². The summed E-state index contributed by atoms with van der Waals surface area (Å²) in [5, 5.41) is 3.93. The number of hydrogen-bond donors (Lipinski definition) is 1. The van der Waals surface area contributed by atoms with Gasteiger partial charge in [-0.25, -0.2) is 0 Å². The molecule has 3 heteroatoms. The first-order chi connectivity index (χ1) is 8.31. The van der Waals surface area contributed by atoms with Gasteiger partial charge in [0, 0.05) is 12.0 Å². The van der Waals surface area contributed by atoms with Gasteiger partial charge in [0.05, 0.1) is 0 Å². The van der Waals surface area contributed by atoms with Crippen molar-refractivity contribution in [3.63, 3.8) is 0 Å². The largest absolute Gasteiger partial charge is 0.381 e. The number of aromatic nitrogens is 1. The second kappa shape index (κ2) is 6.08. The number of nitrogens with two attached hydrogens (primary N) is 1. The van der Waals surface area contributed by atoms with E-state index in [9.17, 15) is 0 Å². The van der Waals surface area contributed by atoms with Crippen molar-refractivity contribution in [1.29, 1.82) is 0 Å². The van der Waals surface area contributed by atoms with Crippen molar-refractivity contribution >= 4 is 5.82 Å². The zero-order valence-corrected chi connectivity index (χ0v) is 10.9. The zero-order chi connectivity index (χ0) is 12.1. The van der Waals surface area contributed by atoms with E-state index in [0.717, 1.165) is 36.5 Å². The van der Waals surface area contributed by atoms with Gasteiger partial charge in [-0.1, -0.05) is 57.0 Å². The molecule has 0 bridgehead atoms. The molecular formula is C14H24N2O. The molecule has 96 valence electrons. The number of anilines is 1. The second-order valence-corrected chi connectivity index (χ2v) is 5.28. The predicted molar refractivity (Wildman–Crippen MR) is 69.8 cm³/mol. The normalized spacial score (nSPS) is 18.2. The van der Waals surface area contributed by atoms with Gasteiger partial charge >= 0.3 is 0 Å². The minimum atomic E-state index is 0.607. The topological polar surface area (TPSA) is 52.0 Å². The van der Waals surface area contributed by atoms with Crippen molar-refractivity contribution in [3.05, 3.63) is 11.3 Å². The van der Waals surface area contributed by atoms with Gasteiger partial charge in [0.1, 0.15) is 5.76 Å². The van der Waals surface area contributed by atoms with Crippen molar-refractivity contribution in [1.82, 2.24) is 5.16 Å². The number of hydrogen-bond acceptors (Lipinski definition) is 3. The van der Waals surface area contributed by atoms with Gasteiger partial charge in [-0.2, -0.15) is 0 Å². The highest BCUT2D eigenvalue weighted by molar-refractivity contribution is 5.40. The summed E-state index contributed by atoms with van der Waals surface area (Å²) in [5.41, 5.74) is 7.02. The van der Waals surface area contributed by atoms with Crippen LogP contribution in [0.3, 0.4) is 0 Å². The van der Waals surface area contributed by atoms with Gasteiger partial charge in [-0.05, 0) is 12.3 Å². The molecule has 0 radical (unpaired) electrons. The van der Waals surface area contributed by atoms with E-state index in [1.807, 2.05) is 0 Å². The molecule has 2 rings (SSSR count). The molecule has 1 saturated carbocycles. The molecule has 1 heterocycles. The van der Waals surface area contributed by atoms with E-state index in [2.05, 4.69) is 12.1 Å². The van der Waals surface area contributed by atoms with E-state index in [-0.39, 0.29) is 0 Å². The third-order valence-corrected chi connectivity index (χ3v) is 3.85. The van der Waals surface area contributed by atoms with Crippen molar-refractivity contribution in [3.8, 4) is 0 Å². The fourth-order valence-electron chi connectivity index (χ4n) is 2.87. The highest BCUT2D eigenvalue weighted by Crippen LogP contribution is 2.28. The van der Waals surface area contributed by atoms with Gasteiger partial charge in [0.2, 0.25) is 0 Å². The Labute approximate surface area is 104 Å². The molecule has 2 N–H and O–H groups in total. The molecule has 1 aliphatic rings. The third-order valence-electron chi connectivity index (χ3n) is 3.85. The van der Waals surface area contributed by atoms with Crippen LogP contribution >= 0.6 is 0 Å². The molecule has 3 nitrogen and oxygen atoms in total. The van der Waals surface area contributed by atoms with Gasteiger partial charge in [-0.3, -0.25) is 0 Å². The Bertz CT molecular complexity index is 338. The summed E-state index contributed by atoms with van der Waals surface area (Å²) >= 11 is 0. The average Bonchev–Trinajstić information content (AvgIpc) is 2.57. The number of nitrogens with zero attached hydrogens (tertiary/aromatic N) is 1. The average molecular weight is 236 g/mol. The molecule has 0 aliphatic heterocycles. The summed E-state index contributed by atoms with van der Waals surface area (Å²) in [7, 11) is 0. The van der Waals surface area contributed by atoms with Gasteiger partial charge in [0.25, 0.3) is 0 Å². The van der Waals surface area contributed by atoms with Crippen LogP contribution in [0.25, 0.3) is 0 Å². The summed E-state index contributed by atoms with van der Waals surface area (Å²) in [6.07, 6.45) is 11.4. The lowest BCUT2D eigenvalue weighted by molar-refractivity contribution is 0.344. The summed E-state index contributed by atoms with van der Waals surface area (Å²) in [5.74, 6) is 2.44. The van der Waals surface area contributed by atoms with E-state index in [0.29, 0.717) is 5.82 Å². The van der Waals surface area contributed by atoms with Crippen LogP contribution in [0.2, 0.25) is 0 Å². The van der Waals surface area contributed by atoms with Crippen LogP contribution in [0.4, 0.5) is 5.82 Å². The molecule has 1 fully saturated rings. The molecule has 0 saturated heterocycles. The first kappa shape index (κ1) is 12.5. The molecule has 1 aliphatic carbocycles. The lowest BCUT2D eigenvalue weighted by atomic mass is 9.93. The fraction of sp³-hybridized carbons (Fsp3) is 0.786. The summed E-state index contributed by atoms with van der Waals surface area (Å²) < 4.78 is 5.42. The quantitative estimate of drug-likeness (QED) is 0.810. The standard InChI is InChI=1S/C14H24N2O/c1-2-7-12-13(17-16-14(12)15)10-11-8-5-3-4-6-9-11/h11H,2-10H2,1H3,(H2,15,16). The van der Waals surface area contributed by atoms with Crippen molar-refractivity contribution < 1.29 is 4.52 Å². The van der Waals surface area contributed by atoms with E-state index in [4.69, 9.17) is 10.3 Å². The van der Waals surface area contributed by atoms with E-state index in [1.165, 1.54) is 38.5 Å². The first-order valence-electron chi connectivity index (χ1n) is 7.04. The summed E-state index contributed by atoms with van der Waals surface area (Å²) in [6.45, 7) is 2.17. The maximum Gasteiger partial charge on any atom is 0.170 e. The van der Waals surface area contributed by atoms with Crippen LogP contribution in [0, 0.1) is 5.92 Å². The first-order valence-corrected chi connectivity index (χ1v) is 7.04. The van der Waals surface area contributed by atoms with E-state index >= 15 is 0 Å². The Morgan fingerprint density at radius 3 is 2.59 bits per heavy atom. The van der Waals surface area contributed by atoms with E-state index < -0.39 is 0 Å². The molecular weight excluding hydrogens is 212 g/mol. The predicted octanol–water partition coefficient (Wildman–Crippen LogP) is 3.72. The van der Waals surface area contributed by atoms with Crippen molar-refractivity contribution in [2.24, 2.45) is 5.92 Å². The SMILES string of the molecule is CCCc1c(N)noc1CC1CCCCCC1. The minimum absolute atomic E-state index is 0.607.